The summed E-state index contributed by atoms with van der Waals surface area (Å²) in [6, 6.07) is 8.48. The van der Waals surface area contributed by atoms with Crippen LogP contribution >= 0.6 is 0 Å². The third-order valence-electron chi connectivity index (χ3n) is 5.14. The maximum absolute atomic E-state index is 4.91. The van der Waals surface area contributed by atoms with E-state index in [1.807, 2.05) is 24.6 Å². The molecule has 0 saturated heterocycles. The minimum Gasteiger partial charge on any atom is -0.326 e. The molecule has 1 aromatic carbocycles. The van der Waals surface area contributed by atoms with Crippen molar-refractivity contribution in [2.75, 3.05) is 0 Å². The number of imidazole rings is 1. The van der Waals surface area contributed by atoms with Gasteiger partial charge in [-0.1, -0.05) is 31.2 Å². The Balaban J connectivity index is 1.45. The van der Waals surface area contributed by atoms with Gasteiger partial charge in [-0.25, -0.2) is 14.5 Å². The Hall–Kier alpha value is -3.02. The predicted molar refractivity (Wildman–Crippen MR) is 99.1 cm³/mol. The normalized spacial score (nSPS) is 13.8. The van der Waals surface area contributed by atoms with E-state index >= 15 is 0 Å². The first-order valence-corrected chi connectivity index (χ1v) is 8.93. The second-order valence-electron chi connectivity index (χ2n) is 7.13. The van der Waals surface area contributed by atoms with Gasteiger partial charge in [0.1, 0.15) is 5.82 Å². The molecule has 1 aliphatic heterocycles. The second kappa shape index (κ2) is 5.49. The zero-order valence-corrected chi connectivity index (χ0v) is 15.1. The summed E-state index contributed by atoms with van der Waals surface area (Å²) in [5.74, 6) is 2.16. The Labute approximate surface area is 151 Å². The molecule has 26 heavy (non-hydrogen) atoms. The predicted octanol–water partition coefficient (Wildman–Crippen LogP) is 3.31. The summed E-state index contributed by atoms with van der Waals surface area (Å²) in [7, 11) is 0. The Bertz CT molecular complexity index is 1100. The second-order valence-corrected chi connectivity index (χ2v) is 7.13. The SMILES string of the molecule is Cc1ncc(C)n2nc(C[C@@H](C)c3cn4c(n3)-c3ccccc3C4)nc12. The maximum Gasteiger partial charge on any atom is 0.177 e. The number of hydrogen-bond acceptors (Lipinski definition) is 4. The fourth-order valence-corrected chi connectivity index (χ4v) is 3.67. The van der Waals surface area contributed by atoms with Gasteiger partial charge in [0.15, 0.2) is 11.5 Å². The molecular formula is C20H20N6. The molecule has 6 nitrogen and oxygen atoms in total. The summed E-state index contributed by atoms with van der Waals surface area (Å²) >= 11 is 0. The fraction of sp³-hybridized carbons (Fsp3) is 0.300. The molecular weight excluding hydrogens is 324 g/mol. The van der Waals surface area contributed by atoms with Crippen molar-refractivity contribution in [2.24, 2.45) is 0 Å². The van der Waals surface area contributed by atoms with Gasteiger partial charge in [-0.15, -0.1) is 0 Å². The number of fused-ring (bicyclic) bond motifs is 4. The van der Waals surface area contributed by atoms with Crippen LogP contribution in [0.2, 0.25) is 0 Å². The van der Waals surface area contributed by atoms with Crippen LogP contribution in [0.3, 0.4) is 0 Å². The highest BCUT2D eigenvalue weighted by molar-refractivity contribution is 5.65. The number of aromatic nitrogens is 6. The van der Waals surface area contributed by atoms with Gasteiger partial charge in [0.25, 0.3) is 0 Å². The largest absolute Gasteiger partial charge is 0.326 e. The lowest BCUT2D eigenvalue weighted by atomic mass is 10.0. The van der Waals surface area contributed by atoms with E-state index in [0.717, 1.165) is 47.3 Å². The van der Waals surface area contributed by atoms with E-state index in [0.29, 0.717) is 0 Å². The van der Waals surface area contributed by atoms with Gasteiger partial charge in [0.2, 0.25) is 0 Å². The van der Waals surface area contributed by atoms with Crippen LogP contribution in [0.25, 0.3) is 17.0 Å². The molecule has 1 aliphatic rings. The molecule has 0 unspecified atom stereocenters. The molecule has 0 radical (unpaired) electrons. The van der Waals surface area contributed by atoms with Crippen LogP contribution in [-0.2, 0) is 13.0 Å². The Kier molecular flexibility index (Phi) is 3.22. The lowest BCUT2D eigenvalue weighted by Crippen LogP contribution is -2.02. The molecule has 0 N–H and O–H groups in total. The quantitative estimate of drug-likeness (QED) is 0.504. The zero-order chi connectivity index (χ0) is 17.8. The molecule has 0 amide bonds. The lowest BCUT2D eigenvalue weighted by molar-refractivity contribution is 0.693. The number of benzene rings is 1. The molecule has 1 atom stereocenters. The summed E-state index contributed by atoms with van der Waals surface area (Å²) in [5.41, 5.74) is 6.42. The molecule has 0 fully saturated rings. The summed E-state index contributed by atoms with van der Waals surface area (Å²) in [5, 5.41) is 4.67. The topological polar surface area (TPSA) is 60.9 Å². The van der Waals surface area contributed by atoms with E-state index in [9.17, 15) is 0 Å². The Morgan fingerprint density at radius 2 is 2.00 bits per heavy atom. The Morgan fingerprint density at radius 1 is 1.15 bits per heavy atom. The van der Waals surface area contributed by atoms with E-state index in [4.69, 9.17) is 9.97 Å². The number of aryl methyl sites for hydroxylation is 2. The minimum absolute atomic E-state index is 0.256. The number of hydrogen-bond donors (Lipinski definition) is 0. The highest BCUT2D eigenvalue weighted by Gasteiger charge is 2.23. The van der Waals surface area contributed by atoms with Crippen LogP contribution in [0.4, 0.5) is 0 Å². The minimum atomic E-state index is 0.256. The average Bonchev–Trinajstić information content (AvgIpc) is 3.30. The van der Waals surface area contributed by atoms with Crippen LogP contribution in [0.5, 0.6) is 0 Å². The third-order valence-corrected chi connectivity index (χ3v) is 5.14. The van der Waals surface area contributed by atoms with Gasteiger partial charge in [-0.2, -0.15) is 5.10 Å². The molecule has 3 aromatic heterocycles. The van der Waals surface area contributed by atoms with Crippen LogP contribution in [0, 0.1) is 13.8 Å². The van der Waals surface area contributed by atoms with Gasteiger partial charge >= 0.3 is 0 Å². The van der Waals surface area contributed by atoms with Gasteiger partial charge < -0.3 is 4.57 Å². The van der Waals surface area contributed by atoms with Crippen molar-refractivity contribution in [3.63, 3.8) is 0 Å². The van der Waals surface area contributed by atoms with Crippen molar-refractivity contribution in [2.45, 2.75) is 39.7 Å². The van der Waals surface area contributed by atoms with Gasteiger partial charge in [0.05, 0.1) is 17.1 Å². The van der Waals surface area contributed by atoms with Crippen molar-refractivity contribution in [3.8, 4) is 11.4 Å². The summed E-state index contributed by atoms with van der Waals surface area (Å²) in [4.78, 5) is 14.0. The molecule has 5 rings (SSSR count). The molecule has 0 aliphatic carbocycles. The average molecular weight is 344 g/mol. The van der Waals surface area contributed by atoms with Crippen molar-refractivity contribution in [1.82, 2.24) is 29.1 Å². The summed E-state index contributed by atoms with van der Waals surface area (Å²) in [6.07, 6.45) is 4.77. The van der Waals surface area contributed by atoms with Crippen LogP contribution in [0.15, 0.2) is 36.7 Å². The fourth-order valence-electron chi connectivity index (χ4n) is 3.67. The van der Waals surface area contributed by atoms with E-state index in [1.54, 1.807) is 0 Å². The Morgan fingerprint density at radius 3 is 2.85 bits per heavy atom. The van der Waals surface area contributed by atoms with Gasteiger partial charge in [-0.3, -0.25) is 4.98 Å². The zero-order valence-electron chi connectivity index (χ0n) is 15.1. The standard InChI is InChI=1S/C20H20N6/c1-12(8-18-23-19-14(3)21-9-13(2)26(19)24-18)17-11-25-10-15-6-4-5-7-16(15)20(25)22-17/h4-7,9,11-12H,8,10H2,1-3H3/t12-/m1/s1. The summed E-state index contributed by atoms with van der Waals surface area (Å²) < 4.78 is 4.12. The van der Waals surface area contributed by atoms with Crippen molar-refractivity contribution >= 4 is 5.65 Å². The molecule has 0 bridgehead atoms. The number of nitrogens with zero attached hydrogens (tertiary/aromatic N) is 6. The van der Waals surface area contributed by atoms with Gasteiger partial charge in [-0.05, 0) is 19.4 Å². The van der Waals surface area contributed by atoms with E-state index in [-0.39, 0.29) is 5.92 Å². The van der Waals surface area contributed by atoms with E-state index in [1.165, 1.54) is 11.1 Å². The van der Waals surface area contributed by atoms with Crippen molar-refractivity contribution in [1.29, 1.82) is 0 Å². The van der Waals surface area contributed by atoms with Crippen molar-refractivity contribution < 1.29 is 0 Å². The summed E-state index contributed by atoms with van der Waals surface area (Å²) in [6.45, 7) is 7.06. The third kappa shape index (κ3) is 2.25. The molecule has 4 aromatic rings. The van der Waals surface area contributed by atoms with E-state index < -0.39 is 0 Å². The lowest BCUT2D eigenvalue weighted by Gasteiger charge is -2.05. The van der Waals surface area contributed by atoms with E-state index in [2.05, 4.69) is 52.0 Å². The highest BCUT2D eigenvalue weighted by atomic mass is 15.3. The smallest absolute Gasteiger partial charge is 0.177 e. The van der Waals surface area contributed by atoms with Gasteiger partial charge in [0, 0.05) is 36.8 Å². The maximum atomic E-state index is 4.91. The molecule has 0 saturated carbocycles. The van der Waals surface area contributed by atoms with Crippen molar-refractivity contribution in [3.05, 3.63) is 65.1 Å². The molecule has 130 valence electrons. The molecule has 4 heterocycles. The van der Waals surface area contributed by atoms with Crippen LogP contribution in [-0.4, -0.2) is 29.1 Å². The van der Waals surface area contributed by atoms with Crippen LogP contribution in [0.1, 0.15) is 41.3 Å². The number of rotatable bonds is 3. The molecule has 6 heteroatoms. The molecule has 0 spiro atoms. The first-order chi connectivity index (χ1) is 12.6. The monoisotopic (exact) mass is 344 g/mol. The van der Waals surface area contributed by atoms with Crippen LogP contribution < -0.4 is 0 Å². The highest BCUT2D eigenvalue weighted by Crippen LogP contribution is 2.32. The first-order valence-electron chi connectivity index (χ1n) is 8.93. The first kappa shape index (κ1) is 15.3.